The second kappa shape index (κ2) is 2.76. The Morgan fingerprint density at radius 3 is 2.45 bits per heavy atom. The molecule has 0 aromatic rings. The SMILES string of the molecule is OC[C@H]1C[C@@H](CO)[C@H]2C[C@H]2C1. The summed E-state index contributed by atoms with van der Waals surface area (Å²) >= 11 is 0. The fraction of sp³-hybridized carbons (Fsp3) is 1.00. The maximum absolute atomic E-state index is 9.02. The van der Waals surface area contributed by atoms with Crippen LogP contribution >= 0.6 is 0 Å². The first-order valence-corrected chi connectivity index (χ1v) is 4.57. The zero-order valence-corrected chi connectivity index (χ0v) is 6.74. The highest BCUT2D eigenvalue weighted by Crippen LogP contribution is 2.54. The first-order chi connectivity index (χ1) is 5.35. The molecule has 4 atom stereocenters. The third-order valence-electron chi connectivity index (χ3n) is 3.35. The normalized spacial score (nSPS) is 48.5. The zero-order chi connectivity index (χ0) is 7.84. The molecule has 0 spiro atoms. The topological polar surface area (TPSA) is 40.5 Å². The number of hydrogen-bond acceptors (Lipinski definition) is 2. The zero-order valence-electron chi connectivity index (χ0n) is 6.74. The maximum atomic E-state index is 9.02. The maximum Gasteiger partial charge on any atom is 0.0462 e. The Balaban J connectivity index is 1.92. The van der Waals surface area contributed by atoms with E-state index in [0.717, 1.165) is 18.3 Å². The van der Waals surface area contributed by atoms with E-state index >= 15 is 0 Å². The van der Waals surface area contributed by atoms with E-state index in [1.165, 1.54) is 12.8 Å². The first-order valence-electron chi connectivity index (χ1n) is 4.57. The van der Waals surface area contributed by atoms with Crippen LogP contribution in [0.1, 0.15) is 19.3 Å². The van der Waals surface area contributed by atoms with E-state index in [9.17, 15) is 0 Å². The minimum Gasteiger partial charge on any atom is -0.396 e. The van der Waals surface area contributed by atoms with Crippen molar-refractivity contribution in [2.45, 2.75) is 19.3 Å². The Bertz CT molecular complexity index is 146. The Morgan fingerprint density at radius 2 is 1.82 bits per heavy atom. The van der Waals surface area contributed by atoms with Crippen LogP contribution in [0, 0.1) is 23.7 Å². The summed E-state index contributed by atoms with van der Waals surface area (Å²) in [7, 11) is 0. The van der Waals surface area contributed by atoms with E-state index in [1.807, 2.05) is 0 Å². The molecule has 0 aliphatic heterocycles. The molecule has 2 saturated carbocycles. The van der Waals surface area contributed by atoms with Crippen molar-refractivity contribution in [1.82, 2.24) is 0 Å². The standard InChI is InChI=1S/C9H16O2/c10-4-6-1-7-3-9(7)8(2-6)5-11/h6-11H,1-5H2/t6-,7-,8+,9+/m1/s1. The van der Waals surface area contributed by atoms with Crippen LogP contribution in [0.2, 0.25) is 0 Å². The Kier molecular flexibility index (Phi) is 1.90. The fourth-order valence-electron chi connectivity index (χ4n) is 2.61. The van der Waals surface area contributed by atoms with Gasteiger partial charge in [-0.25, -0.2) is 0 Å². The van der Waals surface area contributed by atoms with Crippen molar-refractivity contribution in [1.29, 1.82) is 0 Å². The van der Waals surface area contributed by atoms with Crippen molar-refractivity contribution in [2.75, 3.05) is 13.2 Å². The lowest BCUT2D eigenvalue weighted by atomic mass is 9.82. The van der Waals surface area contributed by atoms with Gasteiger partial charge < -0.3 is 10.2 Å². The van der Waals surface area contributed by atoms with Gasteiger partial charge in [-0.15, -0.1) is 0 Å². The highest BCUT2D eigenvalue weighted by molar-refractivity contribution is 4.96. The van der Waals surface area contributed by atoms with E-state index in [1.54, 1.807) is 0 Å². The molecule has 0 aromatic heterocycles. The van der Waals surface area contributed by atoms with Gasteiger partial charge in [0.15, 0.2) is 0 Å². The van der Waals surface area contributed by atoms with Gasteiger partial charge in [0.1, 0.15) is 0 Å². The van der Waals surface area contributed by atoms with Crippen LogP contribution in [0.25, 0.3) is 0 Å². The van der Waals surface area contributed by atoms with Crippen LogP contribution in [0.15, 0.2) is 0 Å². The van der Waals surface area contributed by atoms with Crippen molar-refractivity contribution < 1.29 is 10.2 Å². The van der Waals surface area contributed by atoms with Crippen LogP contribution in [0.5, 0.6) is 0 Å². The monoisotopic (exact) mass is 156 g/mol. The van der Waals surface area contributed by atoms with Crippen molar-refractivity contribution in [2.24, 2.45) is 23.7 Å². The molecule has 2 N–H and O–H groups in total. The van der Waals surface area contributed by atoms with Gasteiger partial charge >= 0.3 is 0 Å². The van der Waals surface area contributed by atoms with Gasteiger partial charge in [0.25, 0.3) is 0 Å². The summed E-state index contributed by atoms with van der Waals surface area (Å²) in [6, 6.07) is 0. The van der Waals surface area contributed by atoms with Crippen LogP contribution in [0.4, 0.5) is 0 Å². The minimum atomic E-state index is 0.319. The molecule has 0 unspecified atom stereocenters. The summed E-state index contributed by atoms with van der Waals surface area (Å²) in [5.41, 5.74) is 0. The van der Waals surface area contributed by atoms with Crippen LogP contribution in [0.3, 0.4) is 0 Å². The number of hydrogen-bond donors (Lipinski definition) is 2. The minimum absolute atomic E-state index is 0.319. The molecule has 0 aromatic carbocycles. The smallest absolute Gasteiger partial charge is 0.0462 e. The molecule has 0 radical (unpaired) electrons. The van der Waals surface area contributed by atoms with E-state index in [0.29, 0.717) is 25.0 Å². The summed E-state index contributed by atoms with van der Waals surface area (Å²) in [4.78, 5) is 0. The molecule has 64 valence electrons. The highest BCUT2D eigenvalue weighted by atomic mass is 16.3. The lowest BCUT2D eigenvalue weighted by Gasteiger charge is -2.25. The van der Waals surface area contributed by atoms with Crippen LogP contribution in [-0.2, 0) is 0 Å². The second-order valence-corrected chi connectivity index (χ2v) is 4.12. The number of fused-ring (bicyclic) bond motifs is 1. The van der Waals surface area contributed by atoms with Crippen LogP contribution in [-0.4, -0.2) is 23.4 Å². The van der Waals surface area contributed by atoms with Crippen molar-refractivity contribution in [3.63, 3.8) is 0 Å². The van der Waals surface area contributed by atoms with Gasteiger partial charge in [-0.2, -0.15) is 0 Å². The number of rotatable bonds is 2. The third-order valence-corrected chi connectivity index (χ3v) is 3.35. The number of aliphatic hydroxyl groups is 2. The lowest BCUT2D eigenvalue weighted by molar-refractivity contribution is 0.114. The molecular weight excluding hydrogens is 140 g/mol. The van der Waals surface area contributed by atoms with Crippen molar-refractivity contribution in [3.8, 4) is 0 Å². The Hall–Kier alpha value is -0.0800. The van der Waals surface area contributed by atoms with Gasteiger partial charge in [-0.1, -0.05) is 0 Å². The number of aliphatic hydroxyl groups excluding tert-OH is 2. The van der Waals surface area contributed by atoms with Crippen molar-refractivity contribution in [3.05, 3.63) is 0 Å². The highest BCUT2D eigenvalue weighted by Gasteiger charge is 2.47. The second-order valence-electron chi connectivity index (χ2n) is 4.12. The van der Waals surface area contributed by atoms with E-state index in [2.05, 4.69) is 0 Å². The average Bonchev–Trinajstić information content (AvgIpc) is 2.80. The molecule has 0 saturated heterocycles. The predicted molar refractivity (Wildman–Crippen MR) is 42.0 cm³/mol. The molecule has 2 nitrogen and oxygen atoms in total. The van der Waals surface area contributed by atoms with Crippen LogP contribution < -0.4 is 0 Å². The first kappa shape index (κ1) is 7.56. The summed E-state index contributed by atoms with van der Waals surface area (Å²) in [6.45, 7) is 0.650. The lowest BCUT2D eigenvalue weighted by Crippen LogP contribution is -2.23. The molecule has 0 amide bonds. The van der Waals surface area contributed by atoms with Gasteiger partial charge in [0, 0.05) is 13.2 Å². The molecular formula is C9H16O2. The predicted octanol–water partition coefficient (Wildman–Crippen LogP) is 0.633. The molecule has 2 rings (SSSR count). The third kappa shape index (κ3) is 1.30. The Labute approximate surface area is 67.2 Å². The largest absolute Gasteiger partial charge is 0.396 e. The molecule has 2 aliphatic rings. The molecule has 2 aliphatic carbocycles. The summed E-state index contributed by atoms with van der Waals surface area (Å²) in [6.07, 6.45) is 3.56. The van der Waals surface area contributed by atoms with Gasteiger partial charge in [0.05, 0.1) is 0 Å². The quantitative estimate of drug-likeness (QED) is 0.615. The molecule has 0 bridgehead atoms. The van der Waals surface area contributed by atoms with Gasteiger partial charge in [-0.3, -0.25) is 0 Å². The van der Waals surface area contributed by atoms with Gasteiger partial charge in [-0.05, 0) is 42.9 Å². The summed E-state index contributed by atoms with van der Waals surface area (Å²) < 4.78 is 0. The molecule has 0 heterocycles. The van der Waals surface area contributed by atoms with Crippen molar-refractivity contribution >= 4 is 0 Å². The van der Waals surface area contributed by atoms with E-state index in [4.69, 9.17) is 10.2 Å². The Morgan fingerprint density at radius 1 is 1.00 bits per heavy atom. The summed E-state index contributed by atoms with van der Waals surface area (Å²) in [5, 5.41) is 18.0. The molecule has 2 fully saturated rings. The summed E-state index contributed by atoms with van der Waals surface area (Å²) in [5.74, 6) is 2.64. The molecule has 11 heavy (non-hydrogen) atoms. The fourth-order valence-corrected chi connectivity index (χ4v) is 2.61. The van der Waals surface area contributed by atoms with Gasteiger partial charge in [0.2, 0.25) is 0 Å². The average molecular weight is 156 g/mol. The van der Waals surface area contributed by atoms with E-state index < -0.39 is 0 Å². The van der Waals surface area contributed by atoms with E-state index in [-0.39, 0.29) is 0 Å². The molecule has 2 heteroatoms.